The molecule has 0 unspecified atom stereocenters. The largest absolute Gasteiger partial charge is 0.488 e. The van der Waals surface area contributed by atoms with Crippen LogP contribution < -0.4 is 10.1 Å². The van der Waals surface area contributed by atoms with Crippen LogP contribution in [0.2, 0.25) is 10.0 Å². The van der Waals surface area contributed by atoms with Gasteiger partial charge in [-0.1, -0.05) is 47.5 Å². The summed E-state index contributed by atoms with van der Waals surface area (Å²) in [6.45, 7) is 0.636. The van der Waals surface area contributed by atoms with Crippen molar-refractivity contribution in [1.82, 2.24) is 9.78 Å². The monoisotopic (exact) mass is 399 g/mol. The number of amides is 1. The molecule has 0 aliphatic carbocycles. The molecule has 0 saturated carbocycles. The number of hydrogen-bond acceptors (Lipinski definition) is 3. The first-order chi connectivity index (χ1) is 13.1. The molecule has 0 saturated heterocycles. The molecule has 136 valence electrons. The molecule has 3 aromatic rings. The van der Waals surface area contributed by atoms with Gasteiger partial charge in [0.1, 0.15) is 18.2 Å². The Kier molecular flexibility index (Phi) is 4.88. The van der Waals surface area contributed by atoms with Gasteiger partial charge in [0, 0.05) is 21.7 Å². The number of aromatic nitrogens is 2. The van der Waals surface area contributed by atoms with Gasteiger partial charge < -0.3 is 10.1 Å². The lowest BCUT2D eigenvalue weighted by Crippen LogP contribution is -2.23. The van der Waals surface area contributed by atoms with Crippen molar-refractivity contribution in [3.63, 3.8) is 0 Å². The number of carbonyl (C=O) groups is 1. The van der Waals surface area contributed by atoms with Gasteiger partial charge in [0.05, 0.1) is 18.3 Å². The first-order valence-corrected chi connectivity index (χ1v) is 9.05. The van der Waals surface area contributed by atoms with Crippen molar-refractivity contribution in [1.29, 1.82) is 0 Å². The molecule has 1 aliphatic rings. The number of fused-ring (bicyclic) bond motifs is 1. The summed E-state index contributed by atoms with van der Waals surface area (Å²) >= 11 is 12.2. The van der Waals surface area contributed by atoms with E-state index >= 15 is 0 Å². The van der Waals surface area contributed by atoms with Crippen LogP contribution in [0.15, 0.2) is 60.3 Å². The van der Waals surface area contributed by atoms with Crippen molar-refractivity contribution in [3.05, 3.63) is 81.5 Å². The van der Waals surface area contributed by atoms with Crippen molar-refractivity contribution in [2.45, 2.75) is 6.54 Å². The van der Waals surface area contributed by atoms with Gasteiger partial charge >= 0.3 is 0 Å². The molecule has 5 nitrogen and oxygen atoms in total. The van der Waals surface area contributed by atoms with Crippen molar-refractivity contribution in [2.75, 3.05) is 11.9 Å². The van der Waals surface area contributed by atoms with E-state index in [0.717, 1.165) is 16.9 Å². The van der Waals surface area contributed by atoms with Crippen LogP contribution in [0, 0.1) is 0 Å². The number of para-hydroxylation sites is 1. The van der Waals surface area contributed by atoms with Gasteiger partial charge in [-0.15, -0.1) is 0 Å². The van der Waals surface area contributed by atoms with Crippen molar-refractivity contribution in [3.8, 4) is 5.75 Å². The first kappa shape index (κ1) is 17.6. The second kappa shape index (κ2) is 7.47. The molecule has 7 heteroatoms. The highest BCUT2D eigenvalue weighted by atomic mass is 35.5. The maximum absolute atomic E-state index is 12.6. The number of anilines is 1. The SMILES string of the molecule is O=C(Nc1ccnn1Cc1ccc(Cl)cc1Cl)C1=Cc2ccccc2OC1. The average Bonchev–Trinajstić information content (AvgIpc) is 3.10. The standard InChI is InChI=1S/C20H15Cl2N3O2/c21-16-6-5-14(17(22)10-16)11-25-19(7-8-23-25)24-20(26)15-9-13-3-1-2-4-18(13)27-12-15/h1-10H,11-12H2,(H,24,26). The van der Waals surface area contributed by atoms with Crippen LogP contribution in [-0.4, -0.2) is 22.3 Å². The van der Waals surface area contributed by atoms with E-state index in [1.54, 1.807) is 29.1 Å². The number of hydrogen-bond donors (Lipinski definition) is 1. The van der Waals surface area contributed by atoms with Crippen LogP contribution in [0.5, 0.6) is 5.75 Å². The summed E-state index contributed by atoms with van der Waals surface area (Å²) in [6.07, 6.45) is 3.46. The second-order valence-corrected chi connectivity index (χ2v) is 6.90. The van der Waals surface area contributed by atoms with Gasteiger partial charge in [-0.2, -0.15) is 5.10 Å². The van der Waals surface area contributed by atoms with Crippen LogP contribution >= 0.6 is 23.2 Å². The summed E-state index contributed by atoms with van der Waals surface area (Å²) in [5, 5.41) is 8.28. The van der Waals surface area contributed by atoms with Gasteiger partial charge in [-0.25, -0.2) is 4.68 Å². The third-order valence-corrected chi connectivity index (χ3v) is 4.80. The Hall–Kier alpha value is -2.76. The zero-order chi connectivity index (χ0) is 18.8. The van der Waals surface area contributed by atoms with Gasteiger partial charge in [-0.05, 0) is 29.8 Å². The third-order valence-electron chi connectivity index (χ3n) is 4.22. The van der Waals surface area contributed by atoms with E-state index in [1.807, 2.05) is 36.4 Å². The molecule has 1 amide bonds. The first-order valence-electron chi connectivity index (χ1n) is 8.29. The lowest BCUT2D eigenvalue weighted by Gasteiger charge is -2.17. The molecule has 1 N–H and O–H groups in total. The number of halogens is 2. The molecule has 4 rings (SSSR count). The minimum atomic E-state index is -0.228. The third kappa shape index (κ3) is 3.84. The molecule has 1 aliphatic heterocycles. The van der Waals surface area contributed by atoms with E-state index in [9.17, 15) is 4.79 Å². The molecule has 0 bridgehead atoms. The van der Waals surface area contributed by atoms with E-state index in [2.05, 4.69) is 10.4 Å². The van der Waals surface area contributed by atoms with E-state index < -0.39 is 0 Å². The molecular formula is C20H15Cl2N3O2. The van der Waals surface area contributed by atoms with Crippen LogP contribution in [0.25, 0.3) is 6.08 Å². The van der Waals surface area contributed by atoms with Crippen LogP contribution in [0.3, 0.4) is 0 Å². The molecule has 2 aromatic carbocycles. The molecule has 0 radical (unpaired) electrons. The quantitative estimate of drug-likeness (QED) is 0.694. The smallest absolute Gasteiger partial charge is 0.256 e. The number of nitrogens with one attached hydrogen (secondary N) is 1. The Morgan fingerprint density at radius 1 is 1.19 bits per heavy atom. The normalized spacial score (nSPS) is 12.7. The number of rotatable bonds is 4. The Balaban J connectivity index is 1.52. The summed E-state index contributed by atoms with van der Waals surface area (Å²) in [6, 6.07) is 14.6. The fourth-order valence-corrected chi connectivity index (χ4v) is 3.29. The van der Waals surface area contributed by atoms with Gasteiger partial charge in [0.25, 0.3) is 5.91 Å². The number of carbonyl (C=O) groups excluding carboxylic acids is 1. The number of ether oxygens (including phenoxy) is 1. The van der Waals surface area contributed by atoms with Crippen LogP contribution in [-0.2, 0) is 11.3 Å². The highest BCUT2D eigenvalue weighted by molar-refractivity contribution is 6.35. The summed E-state index contributed by atoms with van der Waals surface area (Å²) in [7, 11) is 0. The highest BCUT2D eigenvalue weighted by Crippen LogP contribution is 2.26. The number of nitrogens with zero attached hydrogens (tertiary/aromatic N) is 2. The molecule has 1 aromatic heterocycles. The summed E-state index contributed by atoms with van der Waals surface area (Å²) < 4.78 is 7.32. The Morgan fingerprint density at radius 3 is 2.89 bits per heavy atom. The maximum Gasteiger partial charge on any atom is 0.256 e. The van der Waals surface area contributed by atoms with Gasteiger partial charge in [-0.3, -0.25) is 4.79 Å². The van der Waals surface area contributed by atoms with Gasteiger partial charge in [0.2, 0.25) is 0 Å². The van der Waals surface area contributed by atoms with Crippen molar-refractivity contribution < 1.29 is 9.53 Å². The van der Waals surface area contributed by atoms with Crippen molar-refractivity contribution in [2.24, 2.45) is 0 Å². The highest BCUT2D eigenvalue weighted by Gasteiger charge is 2.18. The molecule has 0 atom stereocenters. The predicted octanol–water partition coefficient (Wildman–Crippen LogP) is 4.65. The van der Waals surface area contributed by atoms with E-state index in [4.69, 9.17) is 27.9 Å². The molecule has 0 spiro atoms. The lowest BCUT2D eigenvalue weighted by molar-refractivity contribution is -0.113. The predicted molar refractivity (Wildman–Crippen MR) is 106 cm³/mol. The zero-order valence-corrected chi connectivity index (χ0v) is 15.7. The zero-order valence-electron chi connectivity index (χ0n) is 14.2. The maximum atomic E-state index is 12.6. The van der Waals surface area contributed by atoms with E-state index in [0.29, 0.717) is 28.0 Å². The fraction of sp³-hybridized carbons (Fsp3) is 0.100. The van der Waals surface area contributed by atoms with Gasteiger partial charge in [0.15, 0.2) is 0 Å². The van der Waals surface area contributed by atoms with E-state index in [-0.39, 0.29) is 12.5 Å². The van der Waals surface area contributed by atoms with Crippen LogP contribution in [0.1, 0.15) is 11.1 Å². The average molecular weight is 400 g/mol. The number of benzene rings is 2. The minimum absolute atomic E-state index is 0.222. The molecule has 0 fully saturated rings. The van der Waals surface area contributed by atoms with Crippen LogP contribution in [0.4, 0.5) is 5.82 Å². The summed E-state index contributed by atoms with van der Waals surface area (Å²) in [4.78, 5) is 12.6. The topological polar surface area (TPSA) is 56.2 Å². The molecule has 27 heavy (non-hydrogen) atoms. The van der Waals surface area contributed by atoms with Crippen molar-refractivity contribution >= 4 is 41.0 Å². The Morgan fingerprint density at radius 2 is 2.04 bits per heavy atom. The molecule has 2 heterocycles. The second-order valence-electron chi connectivity index (χ2n) is 6.06. The Bertz CT molecular complexity index is 1040. The summed E-state index contributed by atoms with van der Waals surface area (Å²) in [5.41, 5.74) is 2.29. The van der Waals surface area contributed by atoms with E-state index in [1.165, 1.54) is 0 Å². The summed E-state index contributed by atoms with van der Waals surface area (Å²) in [5.74, 6) is 1.12. The minimum Gasteiger partial charge on any atom is -0.488 e. The lowest BCUT2D eigenvalue weighted by atomic mass is 10.1. The Labute approximate surface area is 166 Å². The fourth-order valence-electron chi connectivity index (χ4n) is 2.82. The molecular weight excluding hydrogens is 385 g/mol.